The van der Waals surface area contributed by atoms with Crippen LogP contribution in [0, 0.1) is 5.82 Å². The zero-order valence-electron chi connectivity index (χ0n) is 16.4. The number of hydrogen-bond donors (Lipinski definition) is 2. The van der Waals surface area contributed by atoms with Gasteiger partial charge in [0, 0.05) is 32.1 Å². The van der Waals surface area contributed by atoms with Crippen molar-refractivity contribution in [3.8, 4) is 0 Å². The molecule has 1 aliphatic rings. The molecule has 1 saturated carbocycles. The van der Waals surface area contributed by atoms with Gasteiger partial charge in [0.05, 0.1) is 0 Å². The van der Waals surface area contributed by atoms with E-state index >= 15 is 0 Å². The van der Waals surface area contributed by atoms with Crippen LogP contribution in [0.3, 0.4) is 0 Å². The maximum Gasteiger partial charge on any atom is 0.191 e. The zero-order chi connectivity index (χ0) is 18.9. The van der Waals surface area contributed by atoms with Crippen LogP contribution in [-0.2, 0) is 19.4 Å². The quantitative estimate of drug-likeness (QED) is 0.332. The van der Waals surface area contributed by atoms with E-state index < -0.39 is 0 Å². The smallest absolute Gasteiger partial charge is 0.191 e. The first-order valence-corrected chi connectivity index (χ1v) is 9.90. The summed E-state index contributed by atoms with van der Waals surface area (Å²) in [6, 6.07) is 7.14. The molecule has 0 saturated heterocycles. The molecule has 0 spiro atoms. The Morgan fingerprint density at radius 3 is 2.71 bits per heavy atom. The number of hydrogen-bond acceptors (Lipinski definition) is 3. The number of guanidine groups is 1. The largest absolute Gasteiger partial charge is 0.355 e. The minimum atomic E-state index is -0.201. The second kappa shape index (κ2) is 12.0. The van der Waals surface area contributed by atoms with E-state index in [1.807, 2.05) is 12.1 Å². The summed E-state index contributed by atoms with van der Waals surface area (Å²) >= 11 is 0. The number of rotatable bonds is 8. The van der Waals surface area contributed by atoms with Gasteiger partial charge in [0.15, 0.2) is 5.96 Å². The predicted octanol–water partition coefficient (Wildman–Crippen LogP) is 3.32. The Morgan fingerprint density at radius 1 is 1.25 bits per heavy atom. The lowest BCUT2D eigenvalue weighted by molar-refractivity contribution is 0.593. The van der Waals surface area contributed by atoms with E-state index in [2.05, 4.69) is 32.3 Å². The van der Waals surface area contributed by atoms with Crippen molar-refractivity contribution in [2.45, 2.75) is 58.0 Å². The van der Waals surface area contributed by atoms with Crippen LogP contribution >= 0.6 is 24.0 Å². The van der Waals surface area contributed by atoms with Gasteiger partial charge < -0.3 is 15.2 Å². The van der Waals surface area contributed by atoms with E-state index in [9.17, 15) is 4.39 Å². The highest BCUT2D eigenvalue weighted by Crippen LogP contribution is 2.17. The molecule has 28 heavy (non-hydrogen) atoms. The van der Waals surface area contributed by atoms with E-state index in [1.54, 1.807) is 6.33 Å². The van der Waals surface area contributed by atoms with Gasteiger partial charge in [-0.1, -0.05) is 31.9 Å². The normalized spacial score (nSPS) is 14.7. The first kappa shape index (κ1) is 22.6. The molecule has 1 aliphatic carbocycles. The van der Waals surface area contributed by atoms with Crippen molar-refractivity contribution >= 4 is 29.9 Å². The Labute approximate surface area is 183 Å². The lowest BCUT2D eigenvalue weighted by atomic mass is 10.1. The van der Waals surface area contributed by atoms with Crippen molar-refractivity contribution in [2.24, 2.45) is 4.99 Å². The first-order valence-electron chi connectivity index (χ1n) is 9.90. The Hall–Kier alpha value is -1.71. The van der Waals surface area contributed by atoms with Crippen LogP contribution in [0.25, 0.3) is 0 Å². The van der Waals surface area contributed by atoms with E-state index in [4.69, 9.17) is 4.99 Å². The summed E-state index contributed by atoms with van der Waals surface area (Å²) in [5.41, 5.74) is 1.09. The van der Waals surface area contributed by atoms with Gasteiger partial charge in [-0.3, -0.25) is 4.99 Å². The van der Waals surface area contributed by atoms with Crippen molar-refractivity contribution in [3.05, 3.63) is 47.8 Å². The van der Waals surface area contributed by atoms with Crippen LogP contribution in [0.1, 0.15) is 44.0 Å². The van der Waals surface area contributed by atoms with E-state index in [0.29, 0.717) is 12.6 Å². The second-order valence-corrected chi connectivity index (χ2v) is 6.95. The Balaban J connectivity index is 0.00000280. The molecule has 8 heteroatoms. The third kappa shape index (κ3) is 7.03. The van der Waals surface area contributed by atoms with Crippen LogP contribution in [0.15, 0.2) is 35.6 Å². The molecule has 0 radical (unpaired) electrons. The fraction of sp³-hybridized carbons (Fsp3) is 0.550. The Morgan fingerprint density at radius 2 is 2.00 bits per heavy atom. The van der Waals surface area contributed by atoms with Crippen LogP contribution in [0.4, 0.5) is 4.39 Å². The molecular formula is C20H30FIN6. The molecule has 2 N–H and O–H groups in total. The zero-order valence-corrected chi connectivity index (χ0v) is 18.7. The minimum Gasteiger partial charge on any atom is -0.355 e. The molecule has 0 unspecified atom stereocenters. The van der Waals surface area contributed by atoms with Crippen molar-refractivity contribution in [2.75, 3.05) is 13.1 Å². The second-order valence-electron chi connectivity index (χ2n) is 6.95. The van der Waals surface area contributed by atoms with Crippen LogP contribution < -0.4 is 10.6 Å². The third-order valence-corrected chi connectivity index (χ3v) is 4.94. The number of nitrogens with one attached hydrogen (secondary N) is 2. The topological polar surface area (TPSA) is 67.1 Å². The highest BCUT2D eigenvalue weighted by molar-refractivity contribution is 14.0. The maximum atomic E-state index is 13.0. The van der Waals surface area contributed by atoms with Gasteiger partial charge in [0.1, 0.15) is 18.0 Å². The van der Waals surface area contributed by atoms with Gasteiger partial charge in [-0.15, -0.1) is 34.2 Å². The fourth-order valence-corrected chi connectivity index (χ4v) is 3.40. The summed E-state index contributed by atoms with van der Waals surface area (Å²) in [5, 5.41) is 15.1. The summed E-state index contributed by atoms with van der Waals surface area (Å²) in [6.45, 7) is 4.32. The molecule has 3 rings (SSSR count). The van der Waals surface area contributed by atoms with E-state index in [1.165, 1.54) is 37.8 Å². The van der Waals surface area contributed by atoms with Gasteiger partial charge >= 0.3 is 0 Å². The van der Waals surface area contributed by atoms with Crippen molar-refractivity contribution < 1.29 is 4.39 Å². The summed E-state index contributed by atoms with van der Waals surface area (Å²) in [4.78, 5) is 4.73. The lowest BCUT2D eigenvalue weighted by Crippen LogP contribution is -2.43. The predicted molar refractivity (Wildman–Crippen MR) is 121 cm³/mol. The highest BCUT2D eigenvalue weighted by Gasteiger charge is 2.16. The molecule has 2 aromatic rings. The Bertz CT molecular complexity index is 725. The lowest BCUT2D eigenvalue weighted by Gasteiger charge is -2.18. The van der Waals surface area contributed by atoms with Gasteiger partial charge in [-0.05, 0) is 37.0 Å². The van der Waals surface area contributed by atoms with Gasteiger partial charge in [0.2, 0.25) is 0 Å². The monoisotopic (exact) mass is 500 g/mol. The average Bonchev–Trinajstić information content (AvgIpc) is 3.35. The molecule has 1 heterocycles. The first-order chi connectivity index (χ1) is 13.2. The molecule has 1 aromatic carbocycles. The van der Waals surface area contributed by atoms with Gasteiger partial charge in [-0.2, -0.15) is 0 Å². The van der Waals surface area contributed by atoms with E-state index in [0.717, 1.165) is 43.3 Å². The molecule has 1 fully saturated rings. The summed E-state index contributed by atoms with van der Waals surface area (Å²) in [6.07, 6.45) is 8.40. The summed E-state index contributed by atoms with van der Waals surface area (Å²) < 4.78 is 15.1. The number of aromatic nitrogens is 3. The molecular weight excluding hydrogens is 470 g/mol. The van der Waals surface area contributed by atoms with Crippen LogP contribution in [0.5, 0.6) is 0 Å². The van der Waals surface area contributed by atoms with E-state index in [-0.39, 0.29) is 29.8 Å². The van der Waals surface area contributed by atoms with Crippen molar-refractivity contribution in [1.29, 1.82) is 0 Å². The Kier molecular flexibility index (Phi) is 9.66. The standard InChI is InChI=1S/C20H29FN6.HI/c1-2-19-26-24-15-27(19)14-13-23-20(25-18-5-3-4-6-18)22-12-11-16-7-9-17(21)10-8-16;/h7-10,15,18H,2-6,11-14H2,1H3,(H2,22,23,25);1H. The fourth-order valence-electron chi connectivity index (χ4n) is 3.40. The average molecular weight is 500 g/mol. The summed E-state index contributed by atoms with van der Waals surface area (Å²) in [7, 11) is 0. The van der Waals surface area contributed by atoms with Gasteiger partial charge in [0.25, 0.3) is 0 Å². The third-order valence-electron chi connectivity index (χ3n) is 4.94. The van der Waals surface area contributed by atoms with Crippen LogP contribution in [-0.4, -0.2) is 39.9 Å². The van der Waals surface area contributed by atoms with Gasteiger partial charge in [-0.25, -0.2) is 4.39 Å². The maximum absolute atomic E-state index is 13.0. The molecule has 0 bridgehead atoms. The number of aliphatic imine (C=N–C) groups is 1. The SMILES string of the molecule is CCc1nncn1CCNC(=NCCc1ccc(F)cc1)NC1CCCC1.I. The summed E-state index contributed by atoms with van der Waals surface area (Å²) in [5.74, 6) is 1.65. The number of halogens is 2. The molecule has 0 atom stereocenters. The van der Waals surface area contributed by atoms with Crippen LogP contribution in [0.2, 0.25) is 0 Å². The number of nitrogens with zero attached hydrogens (tertiary/aromatic N) is 4. The van der Waals surface area contributed by atoms with Crippen molar-refractivity contribution in [1.82, 2.24) is 25.4 Å². The highest BCUT2D eigenvalue weighted by atomic mass is 127. The molecule has 0 aliphatic heterocycles. The molecule has 0 amide bonds. The molecule has 1 aromatic heterocycles. The van der Waals surface area contributed by atoms with Crippen molar-refractivity contribution in [3.63, 3.8) is 0 Å². The molecule has 6 nitrogen and oxygen atoms in total. The minimum absolute atomic E-state index is 0. The number of benzene rings is 1. The number of aryl methyl sites for hydroxylation is 1. The molecule has 154 valence electrons.